The van der Waals surface area contributed by atoms with E-state index in [1.807, 2.05) is 0 Å². The highest BCUT2D eigenvalue weighted by molar-refractivity contribution is 7.90. The van der Waals surface area contributed by atoms with E-state index in [9.17, 15) is 13.2 Å². The smallest absolute Gasteiger partial charge is 0.251 e. The maximum absolute atomic E-state index is 11.9. The molecule has 1 aromatic rings. The van der Waals surface area contributed by atoms with Crippen LogP contribution in [0.2, 0.25) is 0 Å². The third-order valence-corrected chi connectivity index (χ3v) is 4.03. The SMILES string of the molecule is CS(=O)(=O)c1cccc(C(=O)NC2CCNC2)c1. The average molecular weight is 268 g/mol. The Kier molecular flexibility index (Phi) is 3.68. The Morgan fingerprint density at radius 3 is 2.83 bits per heavy atom. The molecule has 1 saturated heterocycles. The summed E-state index contributed by atoms with van der Waals surface area (Å²) in [5.74, 6) is -0.228. The van der Waals surface area contributed by atoms with Crippen molar-refractivity contribution in [2.75, 3.05) is 19.3 Å². The van der Waals surface area contributed by atoms with E-state index >= 15 is 0 Å². The molecule has 1 aliphatic rings. The standard InChI is InChI=1S/C12H16N2O3S/c1-18(16,17)11-4-2-3-9(7-11)12(15)14-10-5-6-13-8-10/h2-4,7,10,13H,5-6,8H2,1H3,(H,14,15). The van der Waals surface area contributed by atoms with Gasteiger partial charge in [0, 0.05) is 24.4 Å². The Morgan fingerprint density at radius 1 is 1.44 bits per heavy atom. The fourth-order valence-corrected chi connectivity index (χ4v) is 2.58. The first-order valence-corrected chi connectivity index (χ1v) is 7.67. The predicted molar refractivity (Wildman–Crippen MR) is 68.3 cm³/mol. The van der Waals surface area contributed by atoms with Crippen LogP contribution >= 0.6 is 0 Å². The molecule has 0 aliphatic carbocycles. The fourth-order valence-electron chi connectivity index (χ4n) is 1.91. The summed E-state index contributed by atoms with van der Waals surface area (Å²) in [6.07, 6.45) is 2.03. The molecule has 6 heteroatoms. The van der Waals surface area contributed by atoms with Crippen molar-refractivity contribution < 1.29 is 13.2 Å². The van der Waals surface area contributed by atoms with Crippen molar-refractivity contribution in [3.63, 3.8) is 0 Å². The number of carbonyl (C=O) groups is 1. The average Bonchev–Trinajstić information content (AvgIpc) is 2.81. The van der Waals surface area contributed by atoms with Crippen molar-refractivity contribution in [1.82, 2.24) is 10.6 Å². The van der Waals surface area contributed by atoms with E-state index in [4.69, 9.17) is 0 Å². The molecule has 2 N–H and O–H groups in total. The van der Waals surface area contributed by atoms with Gasteiger partial charge < -0.3 is 10.6 Å². The van der Waals surface area contributed by atoms with Gasteiger partial charge in [-0.25, -0.2) is 8.42 Å². The van der Waals surface area contributed by atoms with Gasteiger partial charge in [-0.3, -0.25) is 4.79 Å². The highest BCUT2D eigenvalue weighted by Crippen LogP contribution is 2.11. The molecule has 1 atom stereocenters. The lowest BCUT2D eigenvalue weighted by molar-refractivity contribution is 0.0940. The molecule has 1 unspecified atom stereocenters. The Hall–Kier alpha value is -1.40. The molecule has 1 aromatic carbocycles. The molecule has 2 rings (SSSR count). The maximum atomic E-state index is 11.9. The van der Waals surface area contributed by atoms with Gasteiger partial charge in [0.2, 0.25) is 0 Å². The normalized spacial score (nSPS) is 19.7. The minimum absolute atomic E-state index is 0.124. The third-order valence-electron chi connectivity index (χ3n) is 2.92. The molecule has 0 aromatic heterocycles. The Labute approximate surface area is 107 Å². The van der Waals surface area contributed by atoms with Gasteiger partial charge in [0.05, 0.1) is 4.90 Å². The lowest BCUT2D eigenvalue weighted by Gasteiger charge is -2.11. The Morgan fingerprint density at radius 2 is 2.22 bits per heavy atom. The first-order valence-electron chi connectivity index (χ1n) is 5.78. The van der Waals surface area contributed by atoms with Crippen molar-refractivity contribution in [3.05, 3.63) is 29.8 Å². The second kappa shape index (κ2) is 5.07. The van der Waals surface area contributed by atoms with Crippen LogP contribution in [-0.2, 0) is 9.84 Å². The summed E-state index contributed by atoms with van der Waals surface area (Å²) in [5, 5.41) is 6.03. The molecule has 0 radical (unpaired) electrons. The van der Waals surface area contributed by atoms with Crippen LogP contribution in [0.1, 0.15) is 16.8 Å². The van der Waals surface area contributed by atoms with Gasteiger partial charge >= 0.3 is 0 Å². The maximum Gasteiger partial charge on any atom is 0.251 e. The number of hydrogen-bond acceptors (Lipinski definition) is 4. The van der Waals surface area contributed by atoms with Crippen LogP contribution in [0, 0.1) is 0 Å². The zero-order valence-electron chi connectivity index (χ0n) is 10.1. The van der Waals surface area contributed by atoms with Crippen LogP contribution < -0.4 is 10.6 Å². The van der Waals surface area contributed by atoms with Crippen molar-refractivity contribution in [2.24, 2.45) is 0 Å². The highest BCUT2D eigenvalue weighted by atomic mass is 32.2. The summed E-state index contributed by atoms with van der Waals surface area (Å²) in [5.41, 5.74) is 0.379. The predicted octanol–water partition coefficient (Wildman–Crippen LogP) is 0.182. The lowest BCUT2D eigenvalue weighted by Crippen LogP contribution is -2.36. The molecule has 1 amide bonds. The fraction of sp³-hybridized carbons (Fsp3) is 0.417. The molecule has 5 nitrogen and oxygen atoms in total. The van der Waals surface area contributed by atoms with Crippen LogP contribution in [0.4, 0.5) is 0 Å². The number of carbonyl (C=O) groups excluding carboxylic acids is 1. The van der Waals surface area contributed by atoms with E-state index < -0.39 is 9.84 Å². The summed E-state index contributed by atoms with van der Waals surface area (Å²) in [6, 6.07) is 6.22. The minimum atomic E-state index is -3.28. The second-order valence-electron chi connectivity index (χ2n) is 4.46. The second-order valence-corrected chi connectivity index (χ2v) is 6.48. The molecule has 0 spiro atoms. The van der Waals surface area contributed by atoms with Gasteiger partial charge in [0.1, 0.15) is 0 Å². The highest BCUT2D eigenvalue weighted by Gasteiger charge is 2.18. The Bertz CT molecular complexity index is 548. The van der Waals surface area contributed by atoms with Crippen LogP contribution in [0.3, 0.4) is 0 Å². The van der Waals surface area contributed by atoms with Crippen molar-refractivity contribution >= 4 is 15.7 Å². The van der Waals surface area contributed by atoms with Crippen molar-refractivity contribution in [3.8, 4) is 0 Å². The molecule has 1 heterocycles. The number of hydrogen-bond donors (Lipinski definition) is 2. The quantitative estimate of drug-likeness (QED) is 0.820. The van der Waals surface area contributed by atoms with Crippen LogP contribution in [0.25, 0.3) is 0 Å². The van der Waals surface area contributed by atoms with Gasteiger partial charge in [0.15, 0.2) is 9.84 Å². The zero-order chi connectivity index (χ0) is 13.2. The number of amides is 1. The minimum Gasteiger partial charge on any atom is -0.348 e. The van der Waals surface area contributed by atoms with E-state index in [-0.39, 0.29) is 16.8 Å². The molecule has 1 fully saturated rings. The van der Waals surface area contributed by atoms with Gasteiger partial charge in [-0.05, 0) is 31.2 Å². The van der Waals surface area contributed by atoms with Gasteiger partial charge in [0.25, 0.3) is 5.91 Å². The first-order chi connectivity index (χ1) is 8.47. The topological polar surface area (TPSA) is 75.3 Å². The summed E-state index contributed by atoms with van der Waals surface area (Å²) in [4.78, 5) is 12.1. The molecule has 18 heavy (non-hydrogen) atoms. The van der Waals surface area contributed by atoms with E-state index in [1.165, 1.54) is 12.1 Å². The lowest BCUT2D eigenvalue weighted by atomic mass is 10.2. The number of nitrogens with one attached hydrogen (secondary N) is 2. The number of sulfone groups is 1. The van der Waals surface area contributed by atoms with Crippen LogP contribution in [-0.4, -0.2) is 39.7 Å². The Balaban J connectivity index is 2.15. The van der Waals surface area contributed by atoms with E-state index in [2.05, 4.69) is 10.6 Å². The van der Waals surface area contributed by atoms with Gasteiger partial charge in [-0.15, -0.1) is 0 Å². The number of rotatable bonds is 3. The van der Waals surface area contributed by atoms with E-state index in [1.54, 1.807) is 12.1 Å². The summed E-state index contributed by atoms with van der Waals surface area (Å²) in [7, 11) is -3.28. The molecule has 0 bridgehead atoms. The molecular weight excluding hydrogens is 252 g/mol. The van der Waals surface area contributed by atoms with Gasteiger partial charge in [-0.2, -0.15) is 0 Å². The van der Waals surface area contributed by atoms with Gasteiger partial charge in [-0.1, -0.05) is 6.07 Å². The molecule has 98 valence electrons. The molecule has 1 aliphatic heterocycles. The third kappa shape index (κ3) is 3.08. The first kappa shape index (κ1) is 13.0. The largest absolute Gasteiger partial charge is 0.348 e. The van der Waals surface area contributed by atoms with Crippen molar-refractivity contribution in [2.45, 2.75) is 17.4 Å². The summed E-state index contributed by atoms with van der Waals surface area (Å²) >= 11 is 0. The summed E-state index contributed by atoms with van der Waals surface area (Å²) < 4.78 is 22.8. The monoisotopic (exact) mass is 268 g/mol. The molecular formula is C12H16N2O3S. The van der Waals surface area contributed by atoms with Crippen LogP contribution in [0.5, 0.6) is 0 Å². The number of benzene rings is 1. The van der Waals surface area contributed by atoms with Crippen LogP contribution in [0.15, 0.2) is 29.2 Å². The van der Waals surface area contributed by atoms with E-state index in [0.717, 1.165) is 25.8 Å². The van der Waals surface area contributed by atoms with Crippen molar-refractivity contribution in [1.29, 1.82) is 0 Å². The zero-order valence-corrected chi connectivity index (χ0v) is 11.0. The van der Waals surface area contributed by atoms with E-state index in [0.29, 0.717) is 5.56 Å². The summed E-state index contributed by atoms with van der Waals surface area (Å²) in [6.45, 7) is 1.66. The molecule has 0 saturated carbocycles.